The minimum absolute atomic E-state index is 0.304. The molecule has 0 saturated carbocycles. The predicted octanol–water partition coefficient (Wildman–Crippen LogP) is 8.32. The highest BCUT2D eigenvalue weighted by molar-refractivity contribution is 8.17. The Labute approximate surface area is 195 Å². The maximum atomic E-state index is 4.88. The highest BCUT2D eigenvalue weighted by atomic mass is 32.2. The molecule has 2 nitrogen and oxygen atoms in total. The van der Waals surface area contributed by atoms with E-state index in [4.69, 9.17) is 9.97 Å². The number of hydrogen-bond donors (Lipinski definition) is 0. The normalized spacial score (nSPS) is 11.8. The van der Waals surface area contributed by atoms with Crippen LogP contribution in [-0.4, -0.2) is 14.5 Å². The first-order valence-electron chi connectivity index (χ1n) is 10.7. The van der Waals surface area contributed by atoms with Crippen molar-refractivity contribution in [3.8, 4) is 0 Å². The second kappa shape index (κ2) is 8.12. The van der Waals surface area contributed by atoms with Gasteiger partial charge in [0.05, 0.1) is 26.6 Å². The molecule has 0 bridgehead atoms. The van der Waals surface area contributed by atoms with Gasteiger partial charge in [-0.25, -0.2) is 9.97 Å². The van der Waals surface area contributed by atoms with Gasteiger partial charge in [0.15, 0.2) is 0 Å². The van der Waals surface area contributed by atoms with E-state index >= 15 is 0 Å². The van der Waals surface area contributed by atoms with Crippen LogP contribution in [0.15, 0.2) is 107 Å². The molecule has 0 radical (unpaired) electrons. The van der Waals surface area contributed by atoms with Crippen LogP contribution in [0, 0.1) is 0 Å². The van der Waals surface area contributed by atoms with Gasteiger partial charge in [0.2, 0.25) is 0 Å². The van der Waals surface area contributed by atoms with E-state index in [0.29, 0.717) is 4.58 Å². The van der Waals surface area contributed by atoms with Crippen LogP contribution in [0.1, 0.15) is 6.92 Å². The quantitative estimate of drug-likeness (QED) is 0.154. The highest BCUT2D eigenvalue weighted by Crippen LogP contribution is 2.44. The van der Waals surface area contributed by atoms with Crippen molar-refractivity contribution in [1.82, 2.24) is 9.97 Å². The van der Waals surface area contributed by atoms with Crippen molar-refractivity contribution in [2.24, 2.45) is 0 Å². The first kappa shape index (κ1) is 19.6. The Hall–Kier alpha value is -3.08. The molecular weight excluding hydrogens is 428 g/mol. The number of rotatable bonds is 4. The van der Waals surface area contributed by atoms with Gasteiger partial charge in [0, 0.05) is 31.3 Å². The summed E-state index contributed by atoms with van der Waals surface area (Å²) in [4.78, 5) is 12.4. The van der Waals surface area contributed by atoms with Gasteiger partial charge in [-0.2, -0.15) is 0 Å². The summed E-state index contributed by atoms with van der Waals surface area (Å²) in [6, 6.07) is 33.8. The molecule has 0 spiro atoms. The molecule has 0 atom stereocenters. The fourth-order valence-corrected chi connectivity index (χ4v) is 6.84. The largest absolute Gasteiger partial charge is 0.248 e. The summed E-state index contributed by atoms with van der Waals surface area (Å²) in [5.41, 5.74) is 4.19. The summed E-state index contributed by atoms with van der Waals surface area (Å²) in [7, 11) is 0. The van der Waals surface area contributed by atoms with Crippen LogP contribution < -0.4 is 0 Å². The Morgan fingerprint density at radius 2 is 0.750 bits per heavy atom. The molecule has 0 aliphatic carbocycles. The smallest absolute Gasteiger partial charge is 0.0721 e. The van der Waals surface area contributed by atoms with Crippen molar-refractivity contribution in [1.29, 1.82) is 0 Å². The standard InChI is InChI=1S/C28H20N2S2/c1-18(31-27-19-10-2-6-14-23(19)29-24-15-7-3-11-20(24)27)32-28-21-12-4-8-16-25(21)30-26-17-9-5-13-22(26)28/h2-18H,1H3. The van der Waals surface area contributed by atoms with Gasteiger partial charge in [-0.3, -0.25) is 0 Å². The van der Waals surface area contributed by atoms with E-state index < -0.39 is 0 Å². The van der Waals surface area contributed by atoms with Gasteiger partial charge in [-0.1, -0.05) is 72.8 Å². The molecular formula is C28H20N2S2. The average Bonchev–Trinajstić information content (AvgIpc) is 2.84. The molecule has 0 N–H and O–H groups in total. The maximum Gasteiger partial charge on any atom is 0.0721 e. The van der Waals surface area contributed by atoms with E-state index in [1.807, 2.05) is 23.5 Å². The Morgan fingerprint density at radius 3 is 1.06 bits per heavy atom. The Kier molecular flexibility index (Phi) is 4.97. The summed E-state index contributed by atoms with van der Waals surface area (Å²) < 4.78 is 0.304. The molecule has 0 amide bonds. The number of para-hydroxylation sites is 4. The number of fused-ring (bicyclic) bond motifs is 4. The van der Waals surface area contributed by atoms with Crippen molar-refractivity contribution in [2.45, 2.75) is 21.3 Å². The van der Waals surface area contributed by atoms with Gasteiger partial charge in [-0.05, 0) is 31.2 Å². The van der Waals surface area contributed by atoms with Crippen LogP contribution in [0.3, 0.4) is 0 Å². The third-order valence-electron chi connectivity index (χ3n) is 5.64. The molecule has 6 rings (SSSR count). The second-order valence-electron chi connectivity index (χ2n) is 7.75. The first-order valence-corrected chi connectivity index (χ1v) is 12.4. The third-order valence-corrected chi connectivity index (χ3v) is 8.24. The van der Waals surface area contributed by atoms with Crippen LogP contribution in [0.5, 0.6) is 0 Å². The zero-order valence-electron chi connectivity index (χ0n) is 17.5. The minimum Gasteiger partial charge on any atom is -0.248 e. The van der Waals surface area contributed by atoms with Gasteiger partial charge in [0.25, 0.3) is 0 Å². The number of benzene rings is 4. The molecule has 4 heteroatoms. The van der Waals surface area contributed by atoms with Crippen LogP contribution in [0.2, 0.25) is 0 Å². The van der Waals surface area contributed by atoms with Crippen molar-refractivity contribution in [2.75, 3.05) is 0 Å². The van der Waals surface area contributed by atoms with E-state index in [-0.39, 0.29) is 0 Å². The highest BCUT2D eigenvalue weighted by Gasteiger charge is 2.17. The maximum absolute atomic E-state index is 4.88. The molecule has 154 valence electrons. The van der Waals surface area contributed by atoms with Crippen LogP contribution in [0.25, 0.3) is 43.6 Å². The van der Waals surface area contributed by atoms with Gasteiger partial charge in [-0.15, -0.1) is 23.5 Å². The SMILES string of the molecule is CC(Sc1c2ccccc2nc2ccccc12)Sc1c2ccccc2nc2ccccc12. The molecule has 0 aliphatic rings. The molecule has 2 aromatic heterocycles. The zero-order valence-corrected chi connectivity index (χ0v) is 19.2. The van der Waals surface area contributed by atoms with Crippen molar-refractivity contribution < 1.29 is 0 Å². The van der Waals surface area contributed by atoms with E-state index in [1.165, 1.54) is 31.3 Å². The lowest BCUT2D eigenvalue weighted by Crippen LogP contribution is -1.95. The fraction of sp³-hybridized carbons (Fsp3) is 0.0714. The number of nitrogens with zero attached hydrogens (tertiary/aromatic N) is 2. The number of thioether (sulfide) groups is 2. The molecule has 32 heavy (non-hydrogen) atoms. The Morgan fingerprint density at radius 1 is 0.469 bits per heavy atom. The predicted molar refractivity (Wildman–Crippen MR) is 140 cm³/mol. The Bertz CT molecular complexity index is 1380. The fourth-order valence-electron chi connectivity index (χ4n) is 4.21. The van der Waals surface area contributed by atoms with Gasteiger partial charge in [0.1, 0.15) is 0 Å². The van der Waals surface area contributed by atoms with Gasteiger partial charge >= 0.3 is 0 Å². The lowest BCUT2D eigenvalue weighted by atomic mass is 10.1. The number of aromatic nitrogens is 2. The van der Waals surface area contributed by atoms with Crippen molar-refractivity contribution in [3.05, 3.63) is 97.1 Å². The topological polar surface area (TPSA) is 25.8 Å². The molecule has 4 aromatic carbocycles. The first-order chi connectivity index (χ1) is 15.8. The number of hydrogen-bond acceptors (Lipinski definition) is 4. The lowest BCUT2D eigenvalue weighted by Gasteiger charge is -2.17. The summed E-state index contributed by atoms with van der Waals surface area (Å²) >= 11 is 3.83. The van der Waals surface area contributed by atoms with E-state index in [9.17, 15) is 0 Å². The minimum atomic E-state index is 0.304. The van der Waals surface area contributed by atoms with Crippen LogP contribution in [-0.2, 0) is 0 Å². The summed E-state index contributed by atoms with van der Waals surface area (Å²) in [6.07, 6.45) is 0. The van der Waals surface area contributed by atoms with E-state index in [1.54, 1.807) is 0 Å². The van der Waals surface area contributed by atoms with Crippen LogP contribution >= 0.6 is 23.5 Å². The van der Waals surface area contributed by atoms with Crippen molar-refractivity contribution >= 4 is 67.1 Å². The van der Waals surface area contributed by atoms with E-state index in [0.717, 1.165) is 22.1 Å². The summed E-state index contributed by atoms with van der Waals surface area (Å²) in [5, 5.41) is 4.86. The Balaban J connectivity index is 1.47. The summed E-state index contributed by atoms with van der Waals surface area (Å²) in [5.74, 6) is 0. The average molecular weight is 449 g/mol. The number of pyridine rings is 2. The molecule has 0 fully saturated rings. The second-order valence-corrected chi connectivity index (χ2v) is 10.8. The molecule has 0 saturated heterocycles. The monoisotopic (exact) mass is 448 g/mol. The van der Waals surface area contributed by atoms with E-state index in [2.05, 4.69) is 104 Å². The van der Waals surface area contributed by atoms with Crippen LogP contribution in [0.4, 0.5) is 0 Å². The molecule has 2 heterocycles. The van der Waals surface area contributed by atoms with Gasteiger partial charge < -0.3 is 0 Å². The molecule has 6 aromatic rings. The summed E-state index contributed by atoms with van der Waals surface area (Å²) in [6.45, 7) is 2.29. The third kappa shape index (κ3) is 3.40. The van der Waals surface area contributed by atoms with Crippen molar-refractivity contribution in [3.63, 3.8) is 0 Å². The molecule has 0 aliphatic heterocycles. The zero-order chi connectivity index (χ0) is 21.5. The lowest BCUT2D eigenvalue weighted by molar-refractivity contribution is 1.38. The molecule has 0 unspecified atom stereocenters.